The van der Waals surface area contributed by atoms with Gasteiger partial charge in [-0.1, -0.05) is 59.2 Å². The highest BCUT2D eigenvalue weighted by Gasteiger charge is 2.17. The van der Waals surface area contributed by atoms with Crippen LogP contribution in [0.15, 0.2) is 77.4 Å². The van der Waals surface area contributed by atoms with Crippen LogP contribution in [0.1, 0.15) is 21.7 Å². The first-order valence-electron chi connectivity index (χ1n) is 8.58. The SMILES string of the molecule is O=C(Nc1ccccc1-c1nc(Cc2ccccc2)no1)c1cccnc1Cl. The van der Waals surface area contributed by atoms with Gasteiger partial charge >= 0.3 is 0 Å². The number of anilines is 1. The summed E-state index contributed by atoms with van der Waals surface area (Å²) in [6.07, 6.45) is 2.09. The molecule has 0 spiro atoms. The monoisotopic (exact) mass is 390 g/mol. The Morgan fingerprint density at radius 2 is 1.79 bits per heavy atom. The standard InChI is InChI=1S/C21H15ClN4O2/c22-19-16(10-6-12-23-19)20(27)24-17-11-5-4-9-15(17)21-25-18(26-28-21)13-14-7-2-1-3-8-14/h1-12H,13H2,(H,24,27). The van der Waals surface area contributed by atoms with Crippen molar-refractivity contribution < 1.29 is 9.32 Å². The summed E-state index contributed by atoms with van der Waals surface area (Å²) in [5.41, 5.74) is 2.54. The Hall–Kier alpha value is -3.51. The average Bonchev–Trinajstić information content (AvgIpc) is 3.17. The Bertz CT molecular complexity index is 1110. The molecule has 1 N–H and O–H groups in total. The van der Waals surface area contributed by atoms with Gasteiger partial charge < -0.3 is 9.84 Å². The number of rotatable bonds is 5. The predicted molar refractivity (Wildman–Crippen MR) is 106 cm³/mol. The minimum atomic E-state index is -0.366. The van der Waals surface area contributed by atoms with Gasteiger partial charge in [-0.15, -0.1) is 0 Å². The van der Waals surface area contributed by atoms with Crippen LogP contribution in [0.25, 0.3) is 11.5 Å². The van der Waals surface area contributed by atoms with Crippen LogP contribution in [-0.2, 0) is 6.42 Å². The largest absolute Gasteiger partial charge is 0.334 e. The predicted octanol–water partition coefficient (Wildman–Crippen LogP) is 4.63. The summed E-state index contributed by atoms with van der Waals surface area (Å²) in [5, 5.41) is 7.02. The third-order valence-electron chi connectivity index (χ3n) is 4.08. The smallest absolute Gasteiger partial charge is 0.260 e. The van der Waals surface area contributed by atoms with Gasteiger partial charge in [0.2, 0.25) is 0 Å². The third-order valence-corrected chi connectivity index (χ3v) is 4.38. The number of carbonyl (C=O) groups excluding carboxylic acids is 1. The van der Waals surface area contributed by atoms with E-state index in [1.54, 1.807) is 24.3 Å². The summed E-state index contributed by atoms with van der Waals surface area (Å²) < 4.78 is 5.42. The lowest BCUT2D eigenvalue weighted by Crippen LogP contribution is -2.13. The normalized spacial score (nSPS) is 10.6. The van der Waals surface area contributed by atoms with Crippen molar-refractivity contribution >= 4 is 23.2 Å². The van der Waals surface area contributed by atoms with Crippen molar-refractivity contribution in [3.63, 3.8) is 0 Å². The number of para-hydroxylation sites is 1. The molecule has 28 heavy (non-hydrogen) atoms. The summed E-state index contributed by atoms with van der Waals surface area (Å²) in [6, 6.07) is 20.4. The molecule has 2 heterocycles. The van der Waals surface area contributed by atoms with E-state index in [1.165, 1.54) is 6.20 Å². The van der Waals surface area contributed by atoms with Gasteiger partial charge in [0.25, 0.3) is 11.8 Å². The second kappa shape index (κ2) is 8.02. The summed E-state index contributed by atoms with van der Waals surface area (Å²) in [6.45, 7) is 0. The number of aromatic nitrogens is 3. The van der Waals surface area contributed by atoms with E-state index in [1.807, 2.05) is 42.5 Å². The molecule has 2 aromatic carbocycles. The Kier molecular flexibility index (Phi) is 5.12. The van der Waals surface area contributed by atoms with Crippen LogP contribution >= 0.6 is 11.6 Å². The van der Waals surface area contributed by atoms with Crippen molar-refractivity contribution in [2.75, 3.05) is 5.32 Å². The molecule has 0 aliphatic rings. The number of hydrogen-bond donors (Lipinski definition) is 1. The maximum atomic E-state index is 12.6. The minimum Gasteiger partial charge on any atom is -0.334 e. The van der Waals surface area contributed by atoms with Crippen molar-refractivity contribution in [1.29, 1.82) is 0 Å². The summed E-state index contributed by atoms with van der Waals surface area (Å²) >= 11 is 6.01. The zero-order valence-corrected chi connectivity index (χ0v) is 15.4. The molecule has 1 amide bonds. The van der Waals surface area contributed by atoms with Crippen molar-refractivity contribution in [3.8, 4) is 11.5 Å². The molecule has 4 aromatic rings. The maximum absolute atomic E-state index is 12.6. The highest BCUT2D eigenvalue weighted by molar-refractivity contribution is 6.33. The van der Waals surface area contributed by atoms with Crippen LogP contribution in [0.4, 0.5) is 5.69 Å². The van der Waals surface area contributed by atoms with Gasteiger partial charge in [0.1, 0.15) is 5.15 Å². The lowest BCUT2D eigenvalue weighted by Gasteiger charge is -2.09. The van der Waals surface area contributed by atoms with Crippen molar-refractivity contribution in [3.05, 3.63) is 95.0 Å². The number of benzene rings is 2. The first kappa shape index (κ1) is 17.9. The topological polar surface area (TPSA) is 80.9 Å². The lowest BCUT2D eigenvalue weighted by molar-refractivity contribution is 0.102. The highest BCUT2D eigenvalue weighted by Crippen LogP contribution is 2.27. The van der Waals surface area contributed by atoms with E-state index in [-0.39, 0.29) is 16.6 Å². The quantitative estimate of drug-likeness (QED) is 0.502. The van der Waals surface area contributed by atoms with Crippen LogP contribution in [0.3, 0.4) is 0 Å². The molecule has 138 valence electrons. The van der Waals surface area contributed by atoms with E-state index in [2.05, 4.69) is 20.4 Å². The van der Waals surface area contributed by atoms with E-state index in [9.17, 15) is 4.79 Å². The van der Waals surface area contributed by atoms with Crippen LogP contribution in [0, 0.1) is 0 Å². The van der Waals surface area contributed by atoms with Gasteiger partial charge in [0, 0.05) is 12.6 Å². The fraction of sp³-hybridized carbons (Fsp3) is 0.0476. The fourth-order valence-electron chi connectivity index (χ4n) is 2.74. The molecule has 0 aliphatic carbocycles. The van der Waals surface area contributed by atoms with E-state index in [0.717, 1.165) is 5.56 Å². The number of halogens is 1. The minimum absolute atomic E-state index is 0.139. The van der Waals surface area contributed by atoms with Gasteiger partial charge in [-0.2, -0.15) is 4.98 Å². The summed E-state index contributed by atoms with van der Waals surface area (Å²) in [5.74, 6) is 0.534. The zero-order valence-electron chi connectivity index (χ0n) is 14.7. The third kappa shape index (κ3) is 3.92. The van der Waals surface area contributed by atoms with Gasteiger partial charge in [0.15, 0.2) is 5.82 Å². The van der Waals surface area contributed by atoms with Crippen LogP contribution in [-0.4, -0.2) is 21.0 Å². The average molecular weight is 391 g/mol. The molecule has 7 heteroatoms. The number of nitrogens with zero attached hydrogens (tertiary/aromatic N) is 3. The van der Waals surface area contributed by atoms with E-state index in [0.29, 0.717) is 29.4 Å². The van der Waals surface area contributed by atoms with E-state index >= 15 is 0 Å². The molecule has 4 rings (SSSR count). The first-order chi connectivity index (χ1) is 13.7. The Morgan fingerprint density at radius 1 is 1.00 bits per heavy atom. The molecule has 0 saturated heterocycles. The second-order valence-electron chi connectivity index (χ2n) is 6.02. The van der Waals surface area contributed by atoms with Crippen LogP contribution < -0.4 is 5.32 Å². The zero-order chi connectivity index (χ0) is 19.3. The molecule has 0 fully saturated rings. The number of pyridine rings is 1. The van der Waals surface area contributed by atoms with Gasteiger partial charge in [0.05, 0.1) is 16.8 Å². The number of nitrogens with one attached hydrogen (secondary N) is 1. The molecule has 0 bridgehead atoms. The molecule has 0 saturated carbocycles. The lowest BCUT2D eigenvalue weighted by atomic mass is 10.1. The van der Waals surface area contributed by atoms with Gasteiger partial charge in [-0.25, -0.2) is 4.98 Å². The molecule has 0 aliphatic heterocycles. The molecule has 0 unspecified atom stereocenters. The molecule has 0 radical (unpaired) electrons. The first-order valence-corrected chi connectivity index (χ1v) is 8.96. The molecular formula is C21H15ClN4O2. The number of amides is 1. The Balaban J connectivity index is 1.58. The molecule has 6 nitrogen and oxygen atoms in total. The number of carbonyl (C=O) groups is 1. The molecule has 0 atom stereocenters. The van der Waals surface area contributed by atoms with Crippen molar-refractivity contribution in [1.82, 2.24) is 15.1 Å². The maximum Gasteiger partial charge on any atom is 0.260 e. The van der Waals surface area contributed by atoms with E-state index < -0.39 is 0 Å². The summed E-state index contributed by atoms with van der Waals surface area (Å²) in [7, 11) is 0. The number of hydrogen-bond acceptors (Lipinski definition) is 5. The van der Waals surface area contributed by atoms with Gasteiger partial charge in [-0.3, -0.25) is 4.79 Å². The van der Waals surface area contributed by atoms with Gasteiger partial charge in [-0.05, 0) is 29.8 Å². The van der Waals surface area contributed by atoms with Crippen molar-refractivity contribution in [2.24, 2.45) is 0 Å². The summed E-state index contributed by atoms with van der Waals surface area (Å²) in [4.78, 5) is 21.0. The van der Waals surface area contributed by atoms with Crippen LogP contribution in [0.2, 0.25) is 5.15 Å². The van der Waals surface area contributed by atoms with E-state index in [4.69, 9.17) is 16.1 Å². The Morgan fingerprint density at radius 3 is 2.61 bits per heavy atom. The molecular weight excluding hydrogens is 376 g/mol. The van der Waals surface area contributed by atoms with Crippen LogP contribution in [0.5, 0.6) is 0 Å². The second-order valence-corrected chi connectivity index (χ2v) is 6.38. The Labute approximate surface area is 166 Å². The highest BCUT2D eigenvalue weighted by atomic mass is 35.5. The van der Waals surface area contributed by atoms with Crippen molar-refractivity contribution in [2.45, 2.75) is 6.42 Å². The fourth-order valence-corrected chi connectivity index (χ4v) is 2.94. The molecule has 2 aromatic heterocycles.